The van der Waals surface area contributed by atoms with E-state index in [1.54, 1.807) is 90.6 Å². The van der Waals surface area contributed by atoms with E-state index in [2.05, 4.69) is 58.3 Å². The second-order valence-electron chi connectivity index (χ2n) is 28.9. The van der Waals surface area contributed by atoms with Gasteiger partial charge in [0.15, 0.2) is 0 Å². The predicted molar refractivity (Wildman–Crippen MR) is 398 cm³/mol. The Hall–Kier alpha value is -8.24. The first-order chi connectivity index (χ1) is 49.9. The maximum absolute atomic E-state index is 15.0. The summed E-state index contributed by atoms with van der Waals surface area (Å²) in [6, 6.07) is 26.6. The molecule has 13 rings (SSSR count). The Balaban J connectivity index is 0.000000217. The zero-order valence-corrected chi connectivity index (χ0v) is 62.8. The van der Waals surface area contributed by atoms with Gasteiger partial charge in [-0.25, -0.2) is 22.9 Å². The summed E-state index contributed by atoms with van der Waals surface area (Å²) in [6.45, 7) is 9.06. The number of halogens is 4. The quantitative estimate of drug-likeness (QED) is 0.0128. The van der Waals surface area contributed by atoms with Crippen LogP contribution in [0, 0.1) is 53.0 Å². The van der Waals surface area contributed by atoms with Crippen LogP contribution in [-0.4, -0.2) is 104 Å². The van der Waals surface area contributed by atoms with Crippen molar-refractivity contribution in [2.24, 2.45) is 52.7 Å². The zero-order valence-electron chi connectivity index (χ0n) is 60.1. The molecule has 562 valence electrons. The van der Waals surface area contributed by atoms with Crippen molar-refractivity contribution in [2.75, 3.05) is 40.9 Å². The fourth-order valence-corrected chi connectivity index (χ4v) is 14.2. The smallest absolute Gasteiger partial charge is 0.662 e. The molecule has 0 bridgehead atoms. The van der Waals surface area contributed by atoms with E-state index in [-0.39, 0.29) is 97.5 Å². The van der Waals surface area contributed by atoms with Crippen LogP contribution in [0.2, 0.25) is 5.02 Å². The number of hydrogen-bond acceptors (Lipinski definition) is 16. The van der Waals surface area contributed by atoms with E-state index in [1.807, 2.05) is 50.2 Å². The van der Waals surface area contributed by atoms with Crippen LogP contribution in [0.4, 0.5) is 40.8 Å². The Labute approximate surface area is 646 Å². The summed E-state index contributed by atoms with van der Waals surface area (Å²) >= 11 is 5.88. The maximum Gasteiger partial charge on any atom is 1.00 e. The fraction of sp³-hybridized carbons (Fsp3) is 0.443. The molecule has 3 unspecified atom stereocenters. The Bertz CT molecular complexity index is 4110. The van der Waals surface area contributed by atoms with Crippen molar-refractivity contribution in [1.82, 2.24) is 35.1 Å². The zero-order chi connectivity index (χ0) is 74.3. The molecule has 6 amide bonds. The number of amides is 6. The molecule has 3 aliphatic carbocycles. The standard InChI is InChI=1S/C29H32ClFN6O2.C25H31FN4O2.C23H29FN4O.CH2O3.CH4.Na.H2/c1-18-14-25(37(17-18)28(39)36-26-7-5-22(30)16-34-26)27(38)35-24-15-21(4-6-23(24)31)29(32,11-8-19-2-3-19)20-9-12-33-13-10-20;1-16-13-23(30(15-16)17(2)31)24(32)29-22-14-20(5-6-21(22)26)25(27,10-7-18-3-4-18)19-8-11-28-12-9-19;1-15-12-21(27-14-15)22(29)28-20-13-18(4-5-19(20)24)23(25,9-6-16-2-3-16)17-7-10-26-11-8-17;2-1-4-3;;;/h4-7,9-10,12-13,15-16,18-19,25H,2-3,8,11,14,17,32H2,1H3,(H,35,38)(H,34,36,39);5-6,8-9,11-12,14,16,18,23H,3-4,7,10,13,15,27H2,1-2H3,(H,29,32);4-5,7-8,10-11,13,15-16,21,27H,2-3,6,9,12,14,25H2,1H3,(H,28,29);1,3H;1H4;;1H/q;;;;;+1;/p-1/t18-,25-,29?;16-,23-,25?;15-,21-,23?;;;;/m111..../s1. The van der Waals surface area contributed by atoms with Gasteiger partial charge in [-0.15, -0.1) is 0 Å². The van der Waals surface area contributed by atoms with Crippen molar-refractivity contribution in [1.29, 1.82) is 0 Å². The van der Waals surface area contributed by atoms with Crippen molar-refractivity contribution >= 4 is 70.6 Å². The van der Waals surface area contributed by atoms with Crippen molar-refractivity contribution in [3.63, 3.8) is 0 Å². The minimum absolute atomic E-state index is 0. The van der Waals surface area contributed by atoms with E-state index in [4.69, 9.17) is 38.9 Å². The summed E-state index contributed by atoms with van der Waals surface area (Å²) in [5.74, 6) is 0.434. The Morgan fingerprint density at radius 3 is 1.26 bits per heavy atom. The molecule has 3 saturated carbocycles. The van der Waals surface area contributed by atoms with Gasteiger partial charge in [-0.1, -0.05) is 96.5 Å². The number of rotatable bonds is 23. The number of carbonyl (C=O) groups excluding carboxylic acids is 6. The molecule has 6 aliphatic rings. The largest absolute Gasteiger partial charge is 1.00 e. The Kier molecular flexibility index (Phi) is 29.9. The minimum atomic E-state index is -0.863. The average Bonchev–Trinajstić information content (AvgIpc) is 1.32. The number of nitrogens with one attached hydrogen (secondary N) is 5. The summed E-state index contributed by atoms with van der Waals surface area (Å²) in [6.07, 6.45) is 26.0. The Morgan fingerprint density at radius 1 is 0.566 bits per heavy atom. The van der Waals surface area contributed by atoms with Gasteiger partial charge in [0.1, 0.15) is 35.4 Å². The Morgan fingerprint density at radius 2 is 0.934 bits per heavy atom. The van der Waals surface area contributed by atoms with Gasteiger partial charge in [0.2, 0.25) is 23.6 Å². The van der Waals surface area contributed by atoms with Crippen LogP contribution in [-0.2, 0) is 45.5 Å². The number of urea groups is 1. The molecular formula is C79H99ClF3N14NaO8. The van der Waals surface area contributed by atoms with Crippen molar-refractivity contribution in [3.8, 4) is 0 Å². The van der Waals surface area contributed by atoms with Crippen LogP contribution in [0.25, 0.3) is 0 Å². The minimum Gasteiger partial charge on any atom is -0.662 e. The third kappa shape index (κ3) is 22.0. The fourth-order valence-electron chi connectivity index (χ4n) is 14.1. The van der Waals surface area contributed by atoms with Crippen molar-refractivity contribution in [3.05, 3.63) is 202 Å². The number of benzene rings is 3. The average molecular weight is 1490 g/mol. The van der Waals surface area contributed by atoms with E-state index in [9.17, 15) is 32.8 Å². The van der Waals surface area contributed by atoms with Gasteiger partial charge in [-0.05, 0) is 218 Å². The van der Waals surface area contributed by atoms with E-state index in [1.165, 1.54) is 74.7 Å². The molecule has 27 heteroatoms. The van der Waals surface area contributed by atoms with Gasteiger partial charge in [0.05, 0.1) is 44.7 Å². The number of nitrogens with two attached hydrogens (primary N) is 3. The second kappa shape index (κ2) is 38.0. The van der Waals surface area contributed by atoms with Gasteiger partial charge >= 0.3 is 35.6 Å². The van der Waals surface area contributed by atoms with Crippen LogP contribution >= 0.6 is 11.6 Å². The van der Waals surface area contributed by atoms with Gasteiger partial charge in [0.25, 0.3) is 6.47 Å². The van der Waals surface area contributed by atoms with Crippen LogP contribution in [0.3, 0.4) is 0 Å². The van der Waals surface area contributed by atoms with E-state index in [0.29, 0.717) is 66.5 Å². The summed E-state index contributed by atoms with van der Waals surface area (Å²) in [7, 11) is 0. The first-order valence-electron chi connectivity index (χ1n) is 35.7. The van der Waals surface area contributed by atoms with E-state index >= 15 is 4.39 Å². The first-order valence-corrected chi connectivity index (χ1v) is 36.1. The molecule has 7 heterocycles. The number of hydrogen-bond donors (Lipinski definition) is 8. The van der Waals surface area contributed by atoms with Crippen molar-refractivity contribution in [2.45, 2.75) is 166 Å². The first kappa shape index (κ1) is 83.4. The molecule has 6 fully saturated rings. The molecule has 3 aliphatic heterocycles. The molecule has 4 aromatic heterocycles. The molecular weight excluding hydrogens is 1390 g/mol. The van der Waals surface area contributed by atoms with Crippen molar-refractivity contribution < 1.29 is 83.1 Å². The number of carbonyl (C=O) groups is 6. The van der Waals surface area contributed by atoms with Crippen LogP contribution in [0.5, 0.6) is 0 Å². The summed E-state index contributed by atoms with van der Waals surface area (Å²) < 4.78 is 44.2. The molecule has 7 aromatic rings. The third-order valence-electron chi connectivity index (χ3n) is 20.7. The molecule has 106 heavy (non-hydrogen) atoms. The van der Waals surface area contributed by atoms with Crippen LogP contribution in [0.1, 0.15) is 166 Å². The van der Waals surface area contributed by atoms with Gasteiger partial charge in [-0.2, -0.15) is 0 Å². The predicted octanol–water partition coefficient (Wildman–Crippen LogP) is 9.22. The van der Waals surface area contributed by atoms with Gasteiger partial charge in [0, 0.05) is 64.8 Å². The number of likely N-dealkylation sites (tertiary alicyclic amines) is 2. The van der Waals surface area contributed by atoms with Crippen LogP contribution in [0.15, 0.2) is 147 Å². The monoisotopic (exact) mass is 1490 g/mol. The van der Waals surface area contributed by atoms with E-state index in [0.717, 1.165) is 78.8 Å². The number of nitrogens with zero attached hydrogens (tertiary/aromatic N) is 6. The maximum atomic E-state index is 15.0. The van der Waals surface area contributed by atoms with Gasteiger partial charge < -0.3 is 58.4 Å². The molecule has 22 nitrogen and oxygen atoms in total. The molecule has 11 N–H and O–H groups in total. The summed E-state index contributed by atoms with van der Waals surface area (Å²) in [5.41, 5.74) is 23.8. The second-order valence-corrected chi connectivity index (χ2v) is 29.4. The van der Waals surface area contributed by atoms with Crippen LogP contribution < -0.4 is 78.6 Å². The normalized spacial score (nSPS) is 20.9. The summed E-state index contributed by atoms with van der Waals surface area (Å²) in [4.78, 5) is 94.6. The molecule has 3 aromatic carbocycles. The molecule has 9 atom stereocenters. The molecule has 0 spiro atoms. The van der Waals surface area contributed by atoms with E-state index < -0.39 is 58.1 Å². The topological polar surface area (TPSA) is 331 Å². The number of pyridine rings is 4. The molecule has 0 radical (unpaired) electrons. The number of anilines is 4. The SMILES string of the molecule is C.CC(=O)N1C[C@H](C)C[C@@H]1C(=O)Nc1cc(C(N)(CCC2CC2)c2ccncc2)ccc1F.C[C@@H]1C[C@H](C(=O)Nc2cc(C(N)(CCC3CC3)c3ccncc3)ccc2F)N(C(=O)Nc2ccc(Cl)cn2)C1.C[C@H]1CN[C@@H](C(=O)Nc2cc(C(N)(CCC3CC3)c3ccncc3)ccc2F)C1.O=CO[O-].[HH].[Na+]. The molecule has 3 saturated heterocycles. The number of aromatic nitrogens is 4. The summed E-state index contributed by atoms with van der Waals surface area (Å²) in [5, 5.41) is 23.0. The van der Waals surface area contributed by atoms with Gasteiger partial charge in [-0.3, -0.25) is 44.2 Å². The third-order valence-corrected chi connectivity index (χ3v) is 20.9.